The number of halogens is 1. The molecule has 19 heavy (non-hydrogen) atoms. The minimum absolute atomic E-state index is 0.0574. The van der Waals surface area contributed by atoms with Crippen molar-refractivity contribution in [1.29, 1.82) is 0 Å². The maximum Gasteiger partial charge on any atom is 0.323 e. The number of nitro groups is 1. The summed E-state index contributed by atoms with van der Waals surface area (Å²) >= 11 is 3.06. The second-order valence-electron chi connectivity index (χ2n) is 3.53. The van der Waals surface area contributed by atoms with Crippen LogP contribution < -0.4 is 4.90 Å². The number of hydrogen-bond acceptors (Lipinski definition) is 5. The second-order valence-corrected chi connectivity index (χ2v) is 4.45. The molecule has 9 heteroatoms. The summed E-state index contributed by atoms with van der Waals surface area (Å²) in [6.07, 6.45) is 0. The summed E-state index contributed by atoms with van der Waals surface area (Å²) in [5, 5.41) is 28.4. The van der Waals surface area contributed by atoms with Gasteiger partial charge in [-0.05, 0) is 12.1 Å². The standard InChI is InChI=1S/C10H9BrN2O6/c11-6-1-2-7(8(3-6)13(18)19)12(4-9(14)15)5-10(16)17/h1-3H,4-5H2,(H,14,15)(H,16,17). The van der Waals surface area contributed by atoms with Crippen molar-refractivity contribution in [1.82, 2.24) is 0 Å². The Morgan fingerprint density at radius 2 is 1.79 bits per heavy atom. The van der Waals surface area contributed by atoms with E-state index in [0.29, 0.717) is 4.47 Å². The third-order valence-electron chi connectivity index (χ3n) is 2.13. The van der Waals surface area contributed by atoms with Crippen LogP contribution in [0.2, 0.25) is 0 Å². The van der Waals surface area contributed by atoms with Gasteiger partial charge >= 0.3 is 11.9 Å². The van der Waals surface area contributed by atoms with E-state index < -0.39 is 30.0 Å². The lowest BCUT2D eigenvalue weighted by molar-refractivity contribution is -0.384. The lowest BCUT2D eigenvalue weighted by atomic mass is 10.2. The number of anilines is 1. The Kier molecular flexibility index (Phi) is 4.81. The van der Waals surface area contributed by atoms with Crippen LogP contribution in [0.4, 0.5) is 11.4 Å². The third kappa shape index (κ3) is 4.21. The van der Waals surface area contributed by atoms with Gasteiger partial charge in [0.15, 0.2) is 0 Å². The fourth-order valence-corrected chi connectivity index (χ4v) is 1.81. The number of benzene rings is 1. The van der Waals surface area contributed by atoms with Gasteiger partial charge in [-0.25, -0.2) is 0 Å². The number of hydrogen-bond donors (Lipinski definition) is 2. The quantitative estimate of drug-likeness (QED) is 0.595. The summed E-state index contributed by atoms with van der Waals surface area (Å²) in [5.74, 6) is -2.56. The molecule has 0 aromatic heterocycles. The highest BCUT2D eigenvalue weighted by molar-refractivity contribution is 9.10. The van der Waals surface area contributed by atoms with Gasteiger partial charge < -0.3 is 15.1 Å². The molecule has 0 aliphatic rings. The average molecular weight is 333 g/mol. The SMILES string of the molecule is O=C(O)CN(CC(=O)O)c1ccc(Br)cc1[N+](=O)[O-]. The van der Waals surface area contributed by atoms with E-state index in [9.17, 15) is 19.7 Å². The molecule has 0 heterocycles. The smallest absolute Gasteiger partial charge is 0.323 e. The molecule has 1 rings (SSSR count). The second kappa shape index (κ2) is 6.14. The minimum atomic E-state index is -1.28. The molecule has 1 aromatic carbocycles. The molecule has 0 aliphatic heterocycles. The van der Waals surface area contributed by atoms with E-state index in [2.05, 4.69) is 15.9 Å². The van der Waals surface area contributed by atoms with Crippen LogP contribution in [0.1, 0.15) is 0 Å². The zero-order chi connectivity index (χ0) is 14.6. The first-order chi connectivity index (χ1) is 8.81. The van der Waals surface area contributed by atoms with Gasteiger partial charge in [-0.3, -0.25) is 19.7 Å². The summed E-state index contributed by atoms with van der Waals surface area (Å²) in [6, 6.07) is 3.96. The van der Waals surface area contributed by atoms with E-state index in [1.54, 1.807) is 0 Å². The summed E-state index contributed by atoms with van der Waals surface area (Å²) in [5.41, 5.74) is -0.421. The maximum atomic E-state index is 10.9. The van der Waals surface area contributed by atoms with Crippen molar-refractivity contribution < 1.29 is 24.7 Å². The van der Waals surface area contributed by atoms with Crippen LogP contribution in [0, 0.1) is 10.1 Å². The van der Waals surface area contributed by atoms with E-state index in [1.807, 2.05) is 0 Å². The molecule has 0 aliphatic carbocycles. The van der Waals surface area contributed by atoms with Gasteiger partial charge in [-0.2, -0.15) is 0 Å². The molecule has 0 bridgehead atoms. The molecule has 0 spiro atoms. The van der Waals surface area contributed by atoms with Gasteiger partial charge in [0, 0.05) is 10.5 Å². The number of carboxylic acids is 2. The number of carboxylic acid groups (broad SMARTS) is 2. The highest BCUT2D eigenvalue weighted by Crippen LogP contribution is 2.31. The van der Waals surface area contributed by atoms with Crippen LogP contribution >= 0.6 is 15.9 Å². The van der Waals surface area contributed by atoms with Crippen LogP contribution in [-0.4, -0.2) is 40.2 Å². The van der Waals surface area contributed by atoms with E-state index in [0.717, 1.165) is 4.90 Å². The van der Waals surface area contributed by atoms with Crippen molar-refractivity contribution in [3.63, 3.8) is 0 Å². The Morgan fingerprint density at radius 3 is 2.21 bits per heavy atom. The molecule has 1 aromatic rings. The van der Waals surface area contributed by atoms with Crippen molar-refractivity contribution in [3.8, 4) is 0 Å². The summed E-state index contributed by atoms with van der Waals surface area (Å²) < 4.78 is 0.438. The molecule has 102 valence electrons. The van der Waals surface area contributed by atoms with Crippen molar-refractivity contribution in [3.05, 3.63) is 32.8 Å². The average Bonchev–Trinajstić information content (AvgIpc) is 2.26. The number of nitrogens with zero attached hydrogens (tertiary/aromatic N) is 2. The molecule has 0 atom stereocenters. The van der Waals surface area contributed by atoms with Gasteiger partial charge in [-0.15, -0.1) is 0 Å². The summed E-state index contributed by atoms with van der Waals surface area (Å²) in [6.45, 7) is -1.29. The molecule has 2 N–H and O–H groups in total. The van der Waals surface area contributed by atoms with Crippen molar-refractivity contribution in [2.45, 2.75) is 0 Å². The molecule has 0 saturated carbocycles. The fourth-order valence-electron chi connectivity index (χ4n) is 1.46. The third-order valence-corrected chi connectivity index (χ3v) is 2.62. The van der Waals surface area contributed by atoms with Crippen LogP contribution in [0.3, 0.4) is 0 Å². The molecular formula is C10H9BrN2O6. The molecular weight excluding hydrogens is 324 g/mol. The Bertz CT molecular complexity index is 517. The Hall–Kier alpha value is -2.16. The summed E-state index contributed by atoms with van der Waals surface area (Å²) in [4.78, 5) is 32.5. The van der Waals surface area contributed by atoms with Gasteiger partial charge in [-0.1, -0.05) is 15.9 Å². The minimum Gasteiger partial charge on any atom is -0.480 e. The van der Waals surface area contributed by atoms with Gasteiger partial charge in [0.25, 0.3) is 5.69 Å². The highest BCUT2D eigenvalue weighted by atomic mass is 79.9. The number of rotatable bonds is 6. The predicted octanol–water partition coefficient (Wildman–Crippen LogP) is 1.33. The zero-order valence-corrected chi connectivity index (χ0v) is 11.0. The lowest BCUT2D eigenvalue weighted by Crippen LogP contribution is -2.34. The van der Waals surface area contributed by atoms with E-state index in [4.69, 9.17) is 10.2 Å². The van der Waals surface area contributed by atoms with Crippen molar-refractivity contribution in [2.75, 3.05) is 18.0 Å². The van der Waals surface area contributed by atoms with E-state index >= 15 is 0 Å². The van der Waals surface area contributed by atoms with Crippen LogP contribution in [0.25, 0.3) is 0 Å². The molecule has 0 unspecified atom stereocenters. The largest absolute Gasteiger partial charge is 0.480 e. The molecule has 8 nitrogen and oxygen atoms in total. The number of carbonyl (C=O) groups is 2. The maximum absolute atomic E-state index is 10.9. The van der Waals surface area contributed by atoms with Crippen molar-refractivity contribution >= 4 is 39.2 Å². The van der Waals surface area contributed by atoms with E-state index in [-0.39, 0.29) is 11.4 Å². The molecule has 0 radical (unpaired) electrons. The number of nitro benzene ring substituents is 1. The van der Waals surface area contributed by atoms with Gasteiger partial charge in [0.05, 0.1) is 4.92 Å². The topological polar surface area (TPSA) is 121 Å². The Balaban J connectivity index is 3.24. The van der Waals surface area contributed by atoms with Gasteiger partial charge in [0.1, 0.15) is 18.8 Å². The molecule has 0 fully saturated rings. The molecule has 0 amide bonds. The van der Waals surface area contributed by atoms with Gasteiger partial charge in [0.2, 0.25) is 0 Å². The number of aliphatic carboxylic acids is 2. The van der Waals surface area contributed by atoms with E-state index in [1.165, 1.54) is 18.2 Å². The zero-order valence-electron chi connectivity index (χ0n) is 9.45. The monoisotopic (exact) mass is 332 g/mol. The first-order valence-corrected chi connectivity index (χ1v) is 5.73. The van der Waals surface area contributed by atoms with Crippen LogP contribution in [0.15, 0.2) is 22.7 Å². The fraction of sp³-hybridized carbons (Fsp3) is 0.200. The lowest BCUT2D eigenvalue weighted by Gasteiger charge is -2.20. The Morgan fingerprint density at radius 1 is 1.26 bits per heavy atom. The summed E-state index contributed by atoms with van der Waals surface area (Å²) in [7, 11) is 0. The van der Waals surface area contributed by atoms with Crippen LogP contribution in [0.5, 0.6) is 0 Å². The first-order valence-electron chi connectivity index (χ1n) is 4.93. The first kappa shape index (κ1) is 14.9. The predicted molar refractivity (Wildman–Crippen MR) is 68.3 cm³/mol. The van der Waals surface area contributed by atoms with Crippen LogP contribution in [-0.2, 0) is 9.59 Å². The van der Waals surface area contributed by atoms with Crippen molar-refractivity contribution in [2.24, 2.45) is 0 Å². The normalized spacial score (nSPS) is 9.95. The Labute approximate surface area is 115 Å². The molecule has 0 saturated heterocycles. The highest BCUT2D eigenvalue weighted by Gasteiger charge is 2.23.